The molecule has 3 N–H and O–H groups in total. The summed E-state index contributed by atoms with van der Waals surface area (Å²) in [5.74, 6) is 0.187. The molecule has 4 nitrogen and oxygen atoms in total. The molecule has 0 aromatic heterocycles. The Morgan fingerprint density at radius 3 is 2.58 bits per heavy atom. The van der Waals surface area contributed by atoms with E-state index < -0.39 is 6.04 Å². The van der Waals surface area contributed by atoms with Gasteiger partial charge >= 0.3 is 0 Å². The highest BCUT2D eigenvalue weighted by Gasteiger charge is 2.25. The number of likely N-dealkylation sites (tertiary alicyclic amines) is 1. The zero-order valence-corrected chi connectivity index (χ0v) is 15.9. The average molecular weight is 372 g/mol. The van der Waals surface area contributed by atoms with Gasteiger partial charge in [0.05, 0.1) is 16.1 Å². The smallest absolute Gasteiger partial charge is 0.237 e. The zero-order valence-electron chi connectivity index (χ0n) is 14.4. The molecule has 2 unspecified atom stereocenters. The molecule has 1 fully saturated rings. The van der Waals surface area contributed by atoms with Crippen LogP contribution in [0.25, 0.3) is 0 Å². The van der Waals surface area contributed by atoms with E-state index in [9.17, 15) is 4.79 Å². The third kappa shape index (κ3) is 5.35. The van der Waals surface area contributed by atoms with Crippen LogP contribution in [0.2, 0.25) is 10.0 Å². The van der Waals surface area contributed by atoms with Crippen LogP contribution in [0.1, 0.15) is 38.7 Å². The molecule has 1 saturated heterocycles. The molecule has 134 valence electrons. The molecule has 1 aliphatic rings. The minimum absolute atomic E-state index is 0.0210. The van der Waals surface area contributed by atoms with Crippen LogP contribution in [0, 0.1) is 5.92 Å². The quantitative estimate of drug-likeness (QED) is 0.804. The van der Waals surface area contributed by atoms with Crippen molar-refractivity contribution in [2.24, 2.45) is 11.7 Å². The number of rotatable bonds is 6. The van der Waals surface area contributed by atoms with Crippen molar-refractivity contribution in [3.8, 4) is 0 Å². The third-order valence-electron chi connectivity index (χ3n) is 4.88. The van der Waals surface area contributed by atoms with Crippen LogP contribution in [0.15, 0.2) is 18.2 Å². The van der Waals surface area contributed by atoms with E-state index in [1.807, 2.05) is 25.1 Å². The monoisotopic (exact) mass is 371 g/mol. The number of carbonyl (C=O) groups excluding carboxylic acids is 1. The molecule has 1 aromatic rings. The first kappa shape index (κ1) is 19.5. The SMILES string of the molecule is CCC(C)C(N)C(=O)NC1CCN(Cc2ccc(Cl)c(Cl)c2)CC1. The summed E-state index contributed by atoms with van der Waals surface area (Å²) < 4.78 is 0. The molecule has 0 spiro atoms. The Morgan fingerprint density at radius 1 is 1.33 bits per heavy atom. The van der Waals surface area contributed by atoms with Gasteiger partial charge in [-0.25, -0.2) is 0 Å². The number of amides is 1. The lowest BCUT2D eigenvalue weighted by molar-refractivity contribution is -0.124. The number of nitrogens with one attached hydrogen (secondary N) is 1. The first-order valence-electron chi connectivity index (χ1n) is 8.63. The second-order valence-electron chi connectivity index (χ2n) is 6.72. The van der Waals surface area contributed by atoms with Gasteiger partial charge in [-0.2, -0.15) is 0 Å². The molecule has 1 aliphatic heterocycles. The van der Waals surface area contributed by atoms with E-state index >= 15 is 0 Å². The van der Waals surface area contributed by atoms with E-state index in [-0.39, 0.29) is 17.9 Å². The number of carbonyl (C=O) groups is 1. The van der Waals surface area contributed by atoms with E-state index in [0.717, 1.165) is 44.5 Å². The van der Waals surface area contributed by atoms with Gasteiger partial charge in [-0.05, 0) is 36.5 Å². The standard InChI is InChI=1S/C18H27Cl2N3O/c1-3-12(2)17(21)18(24)22-14-6-8-23(9-7-14)11-13-4-5-15(19)16(20)10-13/h4-5,10,12,14,17H,3,6-9,11,21H2,1-2H3,(H,22,24). The highest BCUT2D eigenvalue weighted by Crippen LogP contribution is 2.24. The van der Waals surface area contributed by atoms with Gasteiger partial charge in [0, 0.05) is 25.7 Å². The van der Waals surface area contributed by atoms with E-state index in [4.69, 9.17) is 28.9 Å². The first-order valence-corrected chi connectivity index (χ1v) is 9.38. The Balaban J connectivity index is 1.79. The number of nitrogens with zero attached hydrogens (tertiary/aromatic N) is 1. The van der Waals surface area contributed by atoms with Crippen LogP contribution >= 0.6 is 23.2 Å². The van der Waals surface area contributed by atoms with Crippen molar-refractivity contribution in [1.29, 1.82) is 0 Å². The molecule has 2 rings (SSSR count). The number of halogens is 2. The summed E-state index contributed by atoms with van der Waals surface area (Å²) >= 11 is 12.0. The lowest BCUT2D eigenvalue weighted by Crippen LogP contribution is -2.51. The summed E-state index contributed by atoms with van der Waals surface area (Å²) in [6, 6.07) is 5.57. The van der Waals surface area contributed by atoms with Gasteiger partial charge < -0.3 is 11.1 Å². The van der Waals surface area contributed by atoms with Crippen molar-refractivity contribution in [2.45, 2.75) is 51.7 Å². The molecule has 0 aliphatic carbocycles. The maximum absolute atomic E-state index is 12.2. The van der Waals surface area contributed by atoms with Crippen molar-refractivity contribution in [3.05, 3.63) is 33.8 Å². The summed E-state index contributed by atoms with van der Waals surface area (Å²) in [6.45, 7) is 6.82. The van der Waals surface area contributed by atoms with Crippen LogP contribution in [0.4, 0.5) is 0 Å². The van der Waals surface area contributed by atoms with Crippen molar-refractivity contribution < 1.29 is 4.79 Å². The highest BCUT2D eigenvalue weighted by molar-refractivity contribution is 6.42. The molecule has 2 atom stereocenters. The van der Waals surface area contributed by atoms with Crippen LogP contribution in [-0.4, -0.2) is 36.0 Å². The van der Waals surface area contributed by atoms with E-state index in [1.54, 1.807) is 0 Å². The van der Waals surface area contributed by atoms with Gasteiger partial charge in [-0.3, -0.25) is 9.69 Å². The summed E-state index contributed by atoms with van der Waals surface area (Å²) in [4.78, 5) is 14.5. The topological polar surface area (TPSA) is 58.4 Å². The minimum atomic E-state index is -0.413. The Kier molecular flexibility index (Phi) is 7.35. The normalized spacial score (nSPS) is 19.0. The van der Waals surface area contributed by atoms with Gasteiger partial charge in [0.1, 0.15) is 0 Å². The van der Waals surface area contributed by atoms with E-state index in [0.29, 0.717) is 10.0 Å². The van der Waals surface area contributed by atoms with Crippen LogP contribution in [0.3, 0.4) is 0 Å². The first-order chi connectivity index (χ1) is 11.4. The van der Waals surface area contributed by atoms with Gasteiger partial charge in [0.2, 0.25) is 5.91 Å². The Labute approximate surface area is 154 Å². The summed E-state index contributed by atoms with van der Waals surface area (Å²) in [5.41, 5.74) is 7.16. The number of hydrogen-bond acceptors (Lipinski definition) is 3. The lowest BCUT2D eigenvalue weighted by Gasteiger charge is -2.33. The predicted octanol–water partition coefficient (Wildman–Crippen LogP) is 3.45. The zero-order chi connectivity index (χ0) is 17.7. The summed E-state index contributed by atoms with van der Waals surface area (Å²) in [5, 5.41) is 4.28. The van der Waals surface area contributed by atoms with Crippen LogP contribution in [-0.2, 0) is 11.3 Å². The Bertz CT molecular complexity index is 559. The molecule has 0 radical (unpaired) electrons. The minimum Gasteiger partial charge on any atom is -0.352 e. The Morgan fingerprint density at radius 2 is 2.00 bits per heavy atom. The predicted molar refractivity (Wildman–Crippen MR) is 100 cm³/mol. The molecule has 0 saturated carbocycles. The second kappa shape index (κ2) is 9.04. The molecule has 1 heterocycles. The molecule has 6 heteroatoms. The second-order valence-corrected chi connectivity index (χ2v) is 7.53. The Hall–Kier alpha value is -0.810. The van der Waals surface area contributed by atoms with Crippen LogP contribution < -0.4 is 11.1 Å². The van der Waals surface area contributed by atoms with Crippen molar-refractivity contribution in [2.75, 3.05) is 13.1 Å². The summed E-state index contributed by atoms with van der Waals surface area (Å²) in [6.07, 6.45) is 2.80. The van der Waals surface area contributed by atoms with E-state index in [1.165, 1.54) is 0 Å². The fourth-order valence-electron chi connectivity index (χ4n) is 2.94. The van der Waals surface area contributed by atoms with Crippen molar-refractivity contribution in [1.82, 2.24) is 10.2 Å². The fourth-order valence-corrected chi connectivity index (χ4v) is 3.26. The number of piperidine rings is 1. The number of hydrogen-bond donors (Lipinski definition) is 2. The highest BCUT2D eigenvalue weighted by atomic mass is 35.5. The average Bonchev–Trinajstić information content (AvgIpc) is 2.58. The molecule has 1 aromatic carbocycles. The molecule has 1 amide bonds. The fraction of sp³-hybridized carbons (Fsp3) is 0.611. The molecular weight excluding hydrogens is 345 g/mol. The van der Waals surface area contributed by atoms with Gasteiger partial charge in [-0.15, -0.1) is 0 Å². The molecular formula is C18H27Cl2N3O. The molecule has 0 bridgehead atoms. The van der Waals surface area contributed by atoms with Gasteiger partial charge in [-0.1, -0.05) is 49.5 Å². The van der Waals surface area contributed by atoms with Crippen molar-refractivity contribution in [3.63, 3.8) is 0 Å². The lowest BCUT2D eigenvalue weighted by atomic mass is 9.98. The van der Waals surface area contributed by atoms with E-state index in [2.05, 4.69) is 17.1 Å². The largest absolute Gasteiger partial charge is 0.352 e. The maximum atomic E-state index is 12.2. The third-order valence-corrected chi connectivity index (χ3v) is 5.62. The number of nitrogens with two attached hydrogens (primary N) is 1. The van der Waals surface area contributed by atoms with Gasteiger partial charge in [0.15, 0.2) is 0 Å². The van der Waals surface area contributed by atoms with Crippen LogP contribution in [0.5, 0.6) is 0 Å². The van der Waals surface area contributed by atoms with Gasteiger partial charge in [0.25, 0.3) is 0 Å². The van der Waals surface area contributed by atoms with Crippen molar-refractivity contribution >= 4 is 29.1 Å². The summed E-state index contributed by atoms with van der Waals surface area (Å²) in [7, 11) is 0. The molecule has 24 heavy (non-hydrogen) atoms. The maximum Gasteiger partial charge on any atom is 0.237 e. The number of benzene rings is 1.